The number of aliphatic hydroxyl groups excluding tert-OH is 1. The van der Waals surface area contributed by atoms with E-state index in [0.717, 1.165) is 62.1 Å². The first-order chi connectivity index (χ1) is 11.7. The topological polar surface area (TPSA) is 43.8 Å². The van der Waals surface area contributed by atoms with Gasteiger partial charge in [0.25, 0.3) is 5.91 Å². The van der Waals surface area contributed by atoms with E-state index in [9.17, 15) is 9.90 Å². The van der Waals surface area contributed by atoms with E-state index >= 15 is 0 Å². The van der Waals surface area contributed by atoms with Crippen LogP contribution in [0.1, 0.15) is 48.9 Å². The summed E-state index contributed by atoms with van der Waals surface area (Å²) < 4.78 is 0. The third kappa shape index (κ3) is 3.92. The van der Waals surface area contributed by atoms with Crippen LogP contribution in [0.4, 0.5) is 5.69 Å². The number of carbonyl (C=O) groups excluding carboxylic acids is 1. The first kappa shape index (κ1) is 15.9. The summed E-state index contributed by atoms with van der Waals surface area (Å²) in [6.07, 6.45) is 6.65. The number of hydrogen-bond donors (Lipinski definition) is 1. The molecule has 4 heteroatoms. The number of carbonyl (C=O) groups is 1. The highest BCUT2D eigenvalue weighted by Crippen LogP contribution is 2.34. The lowest BCUT2D eigenvalue weighted by atomic mass is 10.1. The average Bonchev–Trinajstić information content (AvgIpc) is 3.51. The number of rotatable bonds is 6. The van der Waals surface area contributed by atoms with Crippen LogP contribution in [0.3, 0.4) is 0 Å². The van der Waals surface area contributed by atoms with E-state index in [4.69, 9.17) is 0 Å². The van der Waals surface area contributed by atoms with Crippen LogP contribution in [0, 0.1) is 11.8 Å². The largest absolute Gasteiger partial charge is 0.393 e. The number of benzene rings is 1. The van der Waals surface area contributed by atoms with Gasteiger partial charge < -0.3 is 14.9 Å². The quantitative estimate of drug-likeness (QED) is 0.873. The molecule has 1 amide bonds. The van der Waals surface area contributed by atoms with Crippen molar-refractivity contribution in [1.29, 1.82) is 0 Å². The zero-order chi connectivity index (χ0) is 16.5. The maximum absolute atomic E-state index is 12.9. The van der Waals surface area contributed by atoms with Gasteiger partial charge in [-0.05, 0) is 74.6 Å². The smallest absolute Gasteiger partial charge is 0.253 e. The Hall–Kier alpha value is -1.55. The summed E-state index contributed by atoms with van der Waals surface area (Å²) >= 11 is 0. The minimum atomic E-state index is -0.152. The summed E-state index contributed by atoms with van der Waals surface area (Å²) in [7, 11) is 0. The van der Waals surface area contributed by atoms with E-state index in [-0.39, 0.29) is 12.0 Å². The van der Waals surface area contributed by atoms with Crippen molar-refractivity contribution in [2.75, 3.05) is 31.1 Å². The number of anilines is 1. The number of amides is 1. The Morgan fingerprint density at radius 2 is 1.50 bits per heavy atom. The summed E-state index contributed by atoms with van der Waals surface area (Å²) in [5, 5.41) is 9.63. The van der Waals surface area contributed by atoms with Crippen molar-refractivity contribution in [1.82, 2.24) is 4.90 Å². The van der Waals surface area contributed by atoms with Crippen LogP contribution in [0.15, 0.2) is 24.3 Å². The van der Waals surface area contributed by atoms with Gasteiger partial charge in [0, 0.05) is 37.4 Å². The van der Waals surface area contributed by atoms with Crippen molar-refractivity contribution in [3.63, 3.8) is 0 Å². The highest BCUT2D eigenvalue weighted by Gasteiger charge is 2.31. The number of nitrogens with zero attached hydrogens (tertiary/aromatic N) is 2. The summed E-state index contributed by atoms with van der Waals surface area (Å²) in [6, 6.07) is 8.10. The molecule has 0 atom stereocenters. The fourth-order valence-electron chi connectivity index (χ4n) is 3.59. The zero-order valence-corrected chi connectivity index (χ0v) is 14.4. The fourth-order valence-corrected chi connectivity index (χ4v) is 3.59. The average molecular weight is 328 g/mol. The predicted octanol–water partition coefficient (Wildman–Crippen LogP) is 2.91. The molecule has 2 saturated carbocycles. The van der Waals surface area contributed by atoms with E-state index in [1.54, 1.807) is 0 Å². The van der Waals surface area contributed by atoms with Crippen molar-refractivity contribution in [2.24, 2.45) is 11.8 Å². The third-order valence-corrected chi connectivity index (χ3v) is 5.58. The van der Waals surface area contributed by atoms with Gasteiger partial charge in [0.2, 0.25) is 0 Å². The van der Waals surface area contributed by atoms with Crippen LogP contribution in [-0.4, -0.2) is 48.2 Å². The van der Waals surface area contributed by atoms with Gasteiger partial charge >= 0.3 is 0 Å². The first-order valence-electron chi connectivity index (χ1n) is 9.51. The molecule has 1 heterocycles. The molecule has 0 radical (unpaired) electrons. The standard InChI is InChI=1S/C20H28N2O2/c23-19-9-11-21(12-10-19)18-7-5-17(6-8-18)20(24)22(13-15-1-2-15)14-16-3-4-16/h5-8,15-16,19,23H,1-4,9-14H2. The van der Waals surface area contributed by atoms with Gasteiger partial charge in [-0.25, -0.2) is 0 Å². The van der Waals surface area contributed by atoms with Gasteiger partial charge in [0.05, 0.1) is 6.10 Å². The van der Waals surface area contributed by atoms with Crippen molar-refractivity contribution in [3.8, 4) is 0 Å². The Kier molecular flexibility index (Phi) is 4.49. The molecule has 0 unspecified atom stereocenters. The lowest BCUT2D eigenvalue weighted by Gasteiger charge is -2.31. The molecule has 0 spiro atoms. The van der Waals surface area contributed by atoms with Crippen molar-refractivity contribution in [3.05, 3.63) is 29.8 Å². The molecule has 3 aliphatic rings. The minimum Gasteiger partial charge on any atom is -0.393 e. The van der Waals surface area contributed by atoms with Crippen LogP contribution in [-0.2, 0) is 0 Å². The van der Waals surface area contributed by atoms with Crippen LogP contribution in [0.2, 0.25) is 0 Å². The highest BCUT2D eigenvalue weighted by atomic mass is 16.3. The molecule has 1 N–H and O–H groups in total. The maximum Gasteiger partial charge on any atom is 0.253 e. The van der Waals surface area contributed by atoms with Gasteiger partial charge in [-0.15, -0.1) is 0 Å². The van der Waals surface area contributed by atoms with Crippen LogP contribution < -0.4 is 4.90 Å². The maximum atomic E-state index is 12.9. The van der Waals surface area contributed by atoms with Gasteiger partial charge in [-0.2, -0.15) is 0 Å². The Balaban J connectivity index is 1.41. The lowest BCUT2D eigenvalue weighted by molar-refractivity contribution is 0.0739. The Bertz CT molecular complexity index is 556. The van der Waals surface area contributed by atoms with Gasteiger partial charge in [0.15, 0.2) is 0 Å². The summed E-state index contributed by atoms with van der Waals surface area (Å²) in [6.45, 7) is 3.68. The van der Waals surface area contributed by atoms with E-state index < -0.39 is 0 Å². The highest BCUT2D eigenvalue weighted by molar-refractivity contribution is 5.94. The Morgan fingerprint density at radius 1 is 0.958 bits per heavy atom. The third-order valence-electron chi connectivity index (χ3n) is 5.58. The monoisotopic (exact) mass is 328 g/mol. The van der Waals surface area contributed by atoms with Crippen LogP contribution >= 0.6 is 0 Å². The zero-order valence-electron chi connectivity index (χ0n) is 14.4. The van der Waals surface area contributed by atoms with Crippen molar-refractivity contribution < 1.29 is 9.90 Å². The second kappa shape index (κ2) is 6.75. The van der Waals surface area contributed by atoms with E-state index in [2.05, 4.69) is 21.9 Å². The van der Waals surface area contributed by atoms with E-state index in [1.807, 2.05) is 12.1 Å². The van der Waals surface area contributed by atoms with Gasteiger partial charge in [0.1, 0.15) is 0 Å². The normalized spacial score (nSPS) is 21.8. The number of aliphatic hydroxyl groups is 1. The molecule has 3 fully saturated rings. The molecule has 4 rings (SSSR count). The summed E-state index contributed by atoms with van der Waals surface area (Å²) in [5.41, 5.74) is 1.98. The van der Waals surface area contributed by atoms with Gasteiger partial charge in [-0.1, -0.05) is 0 Å². The number of hydrogen-bond acceptors (Lipinski definition) is 3. The second-order valence-corrected chi connectivity index (χ2v) is 7.86. The number of piperidine rings is 1. The predicted molar refractivity (Wildman–Crippen MR) is 95.2 cm³/mol. The molecule has 1 aromatic carbocycles. The molecule has 0 aromatic heterocycles. The van der Waals surface area contributed by atoms with Crippen molar-refractivity contribution in [2.45, 2.75) is 44.6 Å². The SMILES string of the molecule is O=C(c1ccc(N2CCC(O)CC2)cc1)N(CC1CC1)CC1CC1. The molecular formula is C20H28N2O2. The lowest BCUT2D eigenvalue weighted by Crippen LogP contribution is -2.36. The molecule has 1 aromatic rings. The van der Waals surface area contributed by atoms with Gasteiger partial charge in [-0.3, -0.25) is 4.79 Å². The van der Waals surface area contributed by atoms with Crippen LogP contribution in [0.5, 0.6) is 0 Å². The molecular weight excluding hydrogens is 300 g/mol. The second-order valence-electron chi connectivity index (χ2n) is 7.86. The van der Waals surface area contributed by atoms with Crippen molar-refractivity contribution >= 4 is 11.6 Å². The van der Waals surface area contributed by atoms with E-state index in [1.165, 1.54) is 25.7 Å². The first-order valence-corrected chi connectivity index (χ1v) is 9.51. The molecule has 1 saturated heterocycles. The Morgan fingerprint density at radius 3 is 2.00 bits per heavy atom. The van der Waals surface area contributed by atoms with Crippen LogP contribution in [0.25, 0.3) is 0 Å². The minimum absolute atomic E-state index is 0.152. The molecule has 130 valence electrons. The van der Waals surface area contributed by atoms with E-state index in [0.29, 0.717) is 0 Å². The molecule has 24 heavy (non-hydrogen) atoms. The molecule has 4 nitrogen and oxygen atoms in total. The molecule has 1 aliphatic heterocycles. The fraction of sp³-hybridized carbons (Fsp3) is 0.650. The summed E-state index contributed by atoms with van der Waals surface area (Å²) in [4.78, 5) is 17.3. The Labute approximate surface area is 144 Å². The molecule has 2 aliphatic carbocycles. The molecule has 0 bridgehead atoms. The summed E-state index contributed by atoms with van der Waals surface area (Å²) in [5.74, 6) is 1.69.